The number of amidine groups is 1. The molecule has 0 saturated heterocycles. The number of carboxylic acids is 1. The van der Waals surface area contributed by atoms with E-state index in [0.29, 0.717) is 25.2 Å². The van der Waals surface area contributed by atoms with Crippen molar-refractivity contribution in [2.45, 2.75) is 38.6 Å². The minimum Gasteiger partial charge on any atom is -0.480 e. The number of carbonyl (C=O) groups is 1. The summed E-state index contributed by atoms with van der Waals surface area (Å²) in [6.45, 7) is 2.59. The molecule has 0 aromatic rings. The van der Waals surface area contributed by atoms with Crippen LogP contribution in [0.1, 0.15) is 32.6 Å². The van der Waals surface area contributed by atoms with Gasteiger partial charge in [-0.2, -0.15) is 0 Å². The maximum atomic E-state index is 10.3. The van der Waals surface area contributed by atoms with Crippen LogP contribution in [0.3, 0.4) is 0 Å². The molecule has 0 aliphatic carbocycles. The molecule has 6 heteroatoms. The molecule has 0 aliphatic heterocycles. The molecule has 5 N–H and O–H groups in total. The number of rotatable bonds is 7. The monoisotopic (exact) mass is 237 g/mol. The lowest BCUT2D eigenvalue weighted by Gasteiger charge is -2.04. The zero-order valence-electron chi connectivity index (χ0n) is 8.98. The van der Waals surface area contributed by atoms with Crippen LogP contribution in [0.5, 0.6) is 0 Å². The summed E-state index contributed by atoms with van der Waals surface area (Å²) in [7, 11) is 0. The predicted octanol–water partition coefficient (Wildman–Crippen LogP) is 0.758. The van der Waals surface area contributed by atoms with E-state index >= 15 is 0 Å². The Hall–Kier alpha value is -0.810. The number of aliphatic carboxylic acids is 1. The van der Waals surface area contributed by atoms with Crippen LogP contribution in [-0.2, 0) is 4.79 Å². The third-order valence-corrected chi connectivity index (χ3v) is 1.81. The Morgan fingerprint density at radius 2 is 2.13 bits per heavy atom. The fourth-order valence-corrected chi connectivity index (χ4v) is 0.993. The molecule has 0 aromatic heterocycles. The molecule has 0 aromatic carbocycles. The van der Waals surface area contributed by atoms with Gasteiger partial charge >= 0.3 is 5.97 Å². The van der Waals surface area contributed by atoms with Gasteiger partial charge in [-0.15, -0.1) is 12.4 Å². The second kappa shape index (κ2) is 9.73. The highest BCUT2D eigenvalue weighted by atomic mass is 35.5. The fraction of sp³-hybridized carbons (Fsp3) is 0.778. The molecule has 1 atom stereocenters. The highest BCUT2D eigenvalue weighted by Gasteiger charge is 2.09. The number of nitrogens with two attached hydrogens (primary N) is 2. The van der Waals surface area contributed by atoms with Gasteiger partial charge in [0.2, 0.25) is 0 Å². The summed E-state index contributed by atoms with van der Waals surface area (Å²) in [6, 6.07) is -0.780. The summed E-state index contributed by atoms with van der Waals surface area (Å²) in [5.41, 5.74) is 10.9. The first-order valence-corrected chi connectivity index (χ1v) is 4.85. The molecule has 0 unspecified atom stereocenters. The Labute approximate surface area is 96.3 Å². The molecule has 0 rings (SSSR count). The van der Waals surface area contributed by atoms with Crippen molar-refractivity contribution in [3.63, 3.8) is 0 Å². The zero-order valence-corrected chi connectivity index (χ0v) is 9.80. The molecule has 0 amide bonds. The number of hydrogen-bond acceptors (Lipinski definition) is 3. The molecule has 0 aliphatic rings. The van der Waals surface area contributed by atoms with Crippen molar-refractivity contribution >= 4 is 24.2 Å². The van der Waals surface area contributed by atoms with Crippen LogP contribution in [0.15, 0.2) is 4.99 Å². The molecule has 15 heavy (non-hydrogen) atoms. The van der Waals surface area contributed by atoms with E-state index in [2.05, 4.69) is 4.99 Å². The van der Waals surface area contributed by atoms with Crippen LogP contribution in [0.25, 0.3) is 0 Å². The smallest absolute Gasteiger partial charge is 0.320 e. The largest absolute Gasteiger partial charge is 0.480 e. The van der Waals surface area contributed by atoms with Crippen molar-refractivity contribution in [3.05, 3.63) is 0 Å². The number of aliphatic imine (C=N–C) groups is 1. The molecule has 0 fully saturated rings. The second-order valence-electron chi connectivity index (χ2n) is 3.21. The van der Waals surface area contributed by atoms with Crippen LogP contribution in [-0.4, -0.2) is 29.5 Å². The molecular formula is C9H20ClN3O2. The SMILES string of the molecule is CCCC(N)=NCCC[C@H](N)C(=O)O.Cl. The lowest BCUT2D eigenvalue weighted by Crippen LogP contribution is -2.30. The number of halogens is 1. The molecule has 0 saturated carbocycles. The molecule has 90 valence electrons. The van der Waals surface area contributed by atoms with E-state index in [1.165, 1.54) is 0 Å². The van der Waals surface area contributed by atoms with Gasteiger partial charge in [0.05, 0.1) is 5.84 Å². The van der Waals surface area contributed by atoms with Crippen molar-refractivity contribution in [2.75, 3.05) is 6.54 Å². The van der Waals surface area contributed by atoms with E-state index in [1.807, 2.05) is 6.92 Å². The van der Waals surface area contributed by atoms with Gasteiger partial charge in [-0.1, -0.05) is 6.92 Å². The fourth-order valence-electron chi connectivity index (χ4n) is 0.993. The second-order valence-corrected chi connectivity index (χ2v) is 3.21. The first kappa shape index (κ1) is 16.6. The zero-order chi connectivity index (χ0) is 11.0. The highest BCUT2D eigenvalue weighted by Crippen LogP contribution is 1.96. The van der Waals surface area contributed by atoms with E-state index in [0.717, 1.165) is 12.8 Å². The first-order valence-electron chi connectivity index (χ1n) is 4.85. The Morgan fingerprint density at radius 1 is 1.53 bits per heavy atom. The van der Waals surface area contributed by atoms with Crippen molar-refractivity contribution in [2.24, 2.45) is 16.5 Å². The predicted molar refractivity (Wildman–Crippen MR) is 63.5 cm³/mol. The normalized spacial score (nSPS) is 13.1. The molecule has 0 radical (unpaired) electrons. The lowest BCUT2D eigenvalue weighted by molar-refractivity contribution is -0.138. The Morgan fingerprint density at radius 3 is 2.60 bits per heavy atom. The van der Waals surface area contributed by atoms with Gasteiger partial charge in [0.1, 0.15) is 6.04 Å². The number of carboxylic acid groups (broad SMARTS) is 1. The molecule has 0 spiro atoms. The van der Waals surface area contributed by atoms with Gasteiger partial charge in [0.15, 0.2) is 0 Å². The van der Waals surface area contributed by atoms with Crippen molar-refractivity contribution in [1.82, 2.24) is 0 Å². The lowest BCUT2D eigenvalue weighted by atomic mass is 10.2. The van der Waals surface area contributed by atoms with Crippen LogP contribution < -0.4 is 11.5 Å². The summed E-state index contributed by atoms with van der Waals surface area (Å²) in [5.74, 6) is -0.327. The molecular weight excluding hydrogens is 218 g/mol. The van der Waals surface area contributed by atoms with Crippen molar-refractivity contribution < 1.29 is 9.90 Å². The molecule has 5 nitrogen and oxygen atoms in total. The summed E-state index contributed by atoms with van der Waals surface area (Å²) in [4.78, 5) is 14.4. The van der Waals surface area contributed by atoms with E-state index in [-0.39, 0.29) is 12.4 Å². The van der Waals surface area contributed by atoms with Crippen LogP contribution >= 0.6 is 12.4 Å². The molecule has 0 bridgehead atoms. The van der Waals surface area contributed by atoms with E-state index < -0.39 is 12.0 Å². The topological polar surface area (TPSA) is 102 Å². The maximum Gasteiger partial charge on any atom is 0.320 e. The third kappa shape index (κ3) is 9.49. The van der Waals surface area contributed by atoms with E-state index in [9.17, 15) is 4.79 Å². The first-order chi connectivity index (χ1) is 6.57. The minimum atomic E-state index is -0.962. The van der Waals surface area contributed by atoms with Gasteiger partial charge in [-0.05, 0) is 19.3 Å². The van der Waals surface area contributed by atoms with Crippen molar-refractivity contribution in [1.29, 1.82) is 0 Å². The minimum absolute atomic E-state index is 0. The van der Waals surface area contributed by atoms with Gasteiger partial charge in [-0.3, -0.25) is 9.79 Å². The van der Waals surface area contributed by atoms with Crippen LogP contribution in [0.4, 0.5) is 0 Å². The van der Waals surface area contributed by atoms with Gasteiger partial charge in [0.25, 0.3) is 0 Å². The maximum absolute atomic E-state index is 10.3. The summed E-state index contributed by atoms with van der Waals surface area (Å²) in [5, 5.41) is 8.49. The standard InChI is InChI=1S/C9H19N3O2.ClH/c1-2-4-8(11)12-6-3-5-7(10)9(13)14;/h7H,2-6,10H2,1H3,(H2,11,12)(H,13,14);1H/t7-;/m0./s1. The van der Waals surface area contributed by atoms with Gasteiger partial charge < -0.3 is 16.6 Å². The Kier molecular flexibility index (Phi) is 10.8. The van der Waals surface area contributed by atoms with E-state index in [1.54, 1.807) is 0 Å². The van der Waals surface area contributed by atoms with E-state index in [4.69, 9.17) is 16.6 Å². The molecule has 0 heterocycles. The number of hydrogen-bond donors (Lipinski definition) is 3. The summed E-state index contributed by atoms with van der Waals surface area (Å²) >= 11 is 0. The van der Waals surface area contributed by atoms with Gasteiger partial charge in [0, 0.05) is 13.0 Å². The summed E-state index contributed by atoms with van der Waals surface area (Å²) in [6.07, 6.45) is 2.88. The average molecular weight is 238 g/mol. The number of nitrogens with zero attached hydrogens (tertiary/aromatic N) is 1. The quantitative estimate of drug-likeness (QED) is 0.346. The average Bonchev–Trinajstić information content (AvgIpc) is 2.12. The van der Waals surface area contributed by atoms with Crippen molar-refractivity contribution in [3.8, 4) is 0 Å². The third-order valence-electron chi connectivity index (χ3n) is 1.81. The Bertz CT molecular complexity index is 210. The van der Waals surface area contributed by atoms with Crippen LogP contribution in [0.2, 0.25) is 0 Å². The van der Waals surface area contributed by atoms with Gasteiger partial charge in [-0.25, -0.2) is 0 Å². The Balaban J connectivity index is 0. The summed E-state index contributed by atoms with van der Waals surface area (Å²) < 4.78 is 0. The van der Waals surface area contributed by atoms with Crippen LogP contribution in [0, 0.1) is 0 Å². The highest BCUT2D eigenvalue weighted by molar-refractivity contribution is 5.85.